The standard InChI is InChI=1S/C18H27N5O5/c24-16(15-12-22(17(25)26)10-11-23(15)18(27)28)21-7-3-14(4-8-21)2-1-6-20-9-5-19-13-20/h5,9,13-15H,1-4,6-8,10-12H2,(H,25,26)(H,27,28)/t15-/m1/s1. The van der Waals surface area contributed by atoms with Gasteiger partial charge in [0.1, 0.15) is 6.04 Å². The number of carbonyl (C=O) groups is 3. The van der Waals surface area contributed by atoms with Gasteiger partial charge in [0.15, 0.2) is 0 Å². The molecule has 10 heteroatoms. The van der Waals surface area contributed by atoms with Gasteiger partial charge in [-0.05, 0) is 31.6 Å². The third-order valence-electron chi connectivity index (χ3n) is 5.70. The van der Waals surface area contributed by atoms with E-state index in [1.54, 1.807) is 17.4 Å². The summed E-state index contributed by atoms with van der Waals surface area (Å²) in [7, 11) is 0. The Morgan fingerprint density at radius 1 is 1.00 bits per heavy atom. The van der Waals surface area contributed by atoms with E-state index in [0.717, 1.165) is 42.0 Å². The van der Waals surface area contributed by atoms with Gasteiger partial charge < -0.3 is 24.6 Å². The molecular weight excluding hydrogens is 366 g/mol. The second-order valence-corrected chi connectivity index (χ2v) is 7.43. The Morgan fingerprint density at radius 3 is 2.36 bits per heavy atom. The predicted octanol–water partition coefficient (Wildman–Crippen LogP) is 1.24. The molecular formula is C18H27N5O5. The van der Waals surface area contributed by atoms with Crippen LogP contribution in [0.5, 0.6) is 0 Å². The molecule has 0 aliphatic carbocycles. The first kappa shape index (κ1) is 20.0. The van der Waals surface area contributed by atoms with E-state index in [1.807, 2.05) is 6.20 Å². The Bertz CT molecular complexity index is 687. The average molecular weight is 393 g/mol. The largest absolute Gasteiger partial charge is 0.465 e. The molecule has 0 radical (unpaired) electrons. The van der Waals surface area contributed by atoms with Gasteiger partial charge in [0, 0.05) is 45.1 Å². The van der Waals surface area contributed by atoms with Crippen molar-refractivity contribution in [2.75, 3.05) is 32.7 Å². The molecule has 2 aliphatic rings. The Morgan fingerprint density at radius 2 is 1.75 bits per heavy atom. The highest BCUT2D eigenvalue weighted by atomic mass is 16.4. The van der Waals surface area contributed by atoms with Gasteiger partial charge in [0.05, 0.1) is 12.9 Å². The van der Waals surface area contributed by atoms with Gasteiger partial charge in [-0.15, -0.1) is 0 Å². The number of imidazole rings is 1. The lowest BCUT2D eigenvalue weighted by Gasteiger charge is -2.41. The van der Waals surface area contributed by atoms with Crippen LogP contribution < -0.4 is 0 Å². The van der Waals surface area contributed by atoms with Crippen LogP contribution in [0.15, 0.2) is 18.7 Å². The molecule has 3 heterocycles. The molecule has 28 heavy (non-hydrogen) atoms. The highest BCUT2D eigenvalue weighted by Gasteiger charge is 2.39. The molecule has 2 saturated heterocycles. The zero-order chi connectivity index (χ0) is 20.1. The van der Waals surface area contributed by atoms with Crippen LogP contribution in [-0.4, -0.2) is 91.3 Å². The summed E-state index contributed by atoms with van der Waals surface area (Å²) < 4.78 is 2.05. The lowest BCUT2D eigenvalue weighted by molar-refractivity contribution is -0.139. The molecule has 0 spiro atoms. The van der Waals surface area contributed by atoms with Crippen molar-refractivity contribution >= 4 is 18.1 Å². The molecule has 10 nitrogen and oxygen atoms in total. The number of carboxylic acid groups (broad SMARTS) is 2. The Labute approximate surface area is 163 Å². The summed E-state index contributed by atoms with van der Waals surface area (Å²) in [5.41, 5.74) is 0. The second-order valence-electron chi connectivity index (χ2n) is 7.43. The number of amides is 3. The van der Waals surface area contributed by atoms with E-state index in [2.05, 4.69) is 9.55 Å². The molecule has 1 aromatic rings. The lowest BCUT2D eigenvalue weighted by Crippen LogP contribution is -2.62. The van der Waals surface area contributed by atoms with E-state index >= 15 is 0 Å². The van der Waals surface area contributed by atoms with Crippen molar-refractivity contribution in [3.05, 3.63) is 18.7 Å². The quantitative estimate of drug-likeness (QED) is 0.777. The Kier molecular flexibility index (Phi) is 6.37. The van der Waals surface area contributed by atoms with E-state index in [9.17, 15) is 24.6 Å². The van der Waals surface area contributed by atoms with E-state index in [-0.39, 0.29) is 25.5 Å². The van der Waals surface area contributed by atoms with Gasteiger partial charge in [-0.1, -0.05) is 0 Å². The van der Waals surface area contributed by atoms with Gasteiger partial charge in [-0.2, -0.15) is 0 Å². The maximum Gasteiger partial charge on any atom is 0.408 e. The molecule has 0 bridgehead atoms. The highest BCUT2D eigenvalue weighted by molar-refractivity contribution is 5.86. The lowest BCUT2D eigenvalue weighted by atomic mass is 9.91. The van der Waals surface area contributed by atoms with Crippen molar-refractivity contribution in [2.45, 2.75) is 38.3 Å². The summed E-state index contributed by atoms with van der Waals surface area (Å²) in [5.74, 6) is 0.259. The van der Waals surface area contributed by atoms with Crippen molar-refractivity contribution in [3.8, 4) is 0 Å². The Hall–Kier alpha value is -2.78. The molecule has 1 atom stereocenters. The van der Waals surface area contributed by atoms with Crippen molar-refractivity contribution in [1.82, 2.24) is 24.3 Å². The van der Waals surface area contributed by atoms with Crippen LogP contribution in [0.25, 0.3) is 0 Å². The molecule has 2 fully saturated rings. The maximum absolute atomic E-state index is 12.9. The fraction of sp³-hybridized carbons (Fsp3) is 0.667. The third kappa shape index (κ3) is 4.73. The van der Waals surface area contributed by atoms with Crippen molar-refractivity contribution in [2.24, 2.45) is 5.92 Å². The average Bonchev–Trinajstić information content (AvgIpc) is 3.21. The molecule has 3 rings (SSSR count). The van der Waals surface area contributed by atoms with Gasteiger partial charge in [-0.25, -0.2) is 14.6 Å². The number of aryl methyl sites for hydroxylation is 1. The second kappa shape index (κ2) is 8.94. The van der Waals surface area contributed by atoms with Gasteiger partial charge in [-0.3, -0.25) is 9.69 Å². The molecule has 2 aliphatic heterocycles. The number of piperazine rings is 1. The summed E-state index contributed by atoms with van der Waals surface area (Å²) >= 11 is 0. The fourth-order valence-corrected chi connectivity index (χ4v) is 4.03. The number of piperidine rings is 1. The van der Waals surface area contributed by atoms with E-state index in [4.69, 9.17) is 0 Å². The molecule has 1 aromatic heterocycles. The topological polar surface area (TPSA) is 119 Å². The fourth-order valence-electron chi connectivity index (χ4n) is 4.03. The summed E-state index contributed by atoms with van der Waals surface area (Å²) in [6, 6.07) is -0.958. The van der Waals surface area contributed by atoms with Crippen molar-refractivity contribution in [1.29, 1.82) is 0 Å². The highest BCUT2D eigenvalue weighted by Crippen LogP contribution is 2.24. The number of hydrogen-bond acceptors (Lipinski definition) is 4. The Balaban J connectivity index is 1.49. The first-order valence-electron chi connectivity index (χ1n) is 9.67. The van der Waals surface area contributed by atoms with Crippen LogP contribution in [-0.2, 0) is 11.3 Å². The van der Waals surface area contributed by atoms with Crippen LogP contribution in [0.4, 0.5) is 9.59 Å². The monoisotopic (exact) mass is 393 g/mol. The molecule has 154 valence electrons. The number of hydrogen-bond donors (Lipinski definition) is 2. The molecule has 3 amide bonds. The minimum Gasteiger partial charge on any atom is -0.465 e. The van der Waals surface area contributed by atoms with Gasteiger partial charge in [0.2, 0.25) is 5.91 Å². The summed E-state index contributed by atoms with van der Waals surface area (Å²) in [6.07, 6.45) is 7.12. The summed E-state index contributed by atoms with van der Waals surface area (Å²) in [5, 5.41) is 18.6. The minimum absolute atomic E-state index is 0.0166. The van der Waals surface area contributed by atoms with Crippen LogP contribution in [0.2, 0.25) is 0 Å². The first-order valence-corrected chi connectivity index (χ1v) is 9.67. The van der Waals surface area contributed by atoms with Crippen LogP contribution in [0, 0.1) is 5.92 Å². The van der Waals surface area contributed by atoms with Gasteiger partial charge in [0.25, 0.3) is 0 Å². The number of nitrogens with zero attached hydrogens (tertiary/aromatic N) is 5. The van der Waals surface area contributed by atoms with E-state index < -0.39 is 18.2 Å². The van der Waals surface area contributed by atoms with Crippen LogP contribution >= 0.6 is 0 Å². The van der Waals surface area contributed by atoms with Crippen LogP contribution in [0.1, 0.15) is 25.7 Å². The van der Waals surface area contributed by atoms with E-state index in [1.165, 1.54) is 0 Å². The number of rotatable bonds is 5. The zero-order valence-electron chi connectivity index (χ0n) is 15.8. The maximum atomic E-state index is 12.9. The SMILES string of the molecule is O=C(O)N1CCN(C(=O)O)[C@@H](C(=O)N2CCC(CCCn3ccnc3)CC2)C1. The molecule has 2 N–H and O–H groups in total. The van der Waals surface area contributed by atoms with E-state index in [0.29, 0.717) is 19.0 Å². The van der Waals surface area contributed by atoms with Crippen LogP contribution in [0.3, 0.4) is 0 Å². The normalized spacial score (nSPS) is 21.0. The van der Waals surface area contributed by atoms with Gasteiger partial charge >= 0.3 is 12.2 Å². The third-order valence-corrected chi connectivity index (χ3v) is 5.70. The minimum atomic E-state index is -1.18. The first-order chi connectivity index (χ1) is 13.5. The number of likely N-dealkylation sites (tertiary alicyclic amines) is 1. The van der Waals surface area contributed by atoms with Crippen molar-refractivity contribution < 1.29 is 24.6 Å². The predicted molar refractivity (Wildman–Crippen MR) is 98.9 cm³/mol. The molecule has 0 saturated carbocycles. The number of carbonyl (C=O) groups excluding carboxylic acids is 1. The molecule has 0 aromatic carbocycles. The number of aromatic nitrogens is 2. The van der Waals surface area contributed by atoms with Crippen molar-refractivity contribution in [3.63, 3.8) is 0 Å². The molecule has 0 unspecified atom stereocenters. The smallest absolute Gasteiger partial charge is 0.408 e. The summed E-state index contributed by atoms with van der Waals surface area (Å²) in [4.78, 5) is 43.5. The zero-order valence-corrected chi connectivity index (χ0v) is 15.8. The summed E-state index contributed by atoms with van der Waals surface area (Å²) in [6.45, 7) is 2.11.